The van der Waals surface area contributed by atoms with Crippen LogP contribution >= 0.6 is 11.6 Å². The van der Waals surface area contributed by atoms with Crippen molar-refractivity contribution in [3.63, 3.8) is 0 Å². The van der Waals surface area contributed by atoms with Crippen LogP contribution in [0, 0.1) is 5.82 Å². The van der Waals surface area contributed by atoms with E-state index < -0.39 is 17.8 Å². The quantitative estimate of drug-likeness (QED) is 0.855. The summed E-state index contributed by atoms with van der Waals surface area (Å²) in [7, 11) is 1.38. The van der Waals surface area contributed by atoms with Gasteiger partial charge in [0.15, 0.2) is 11.6 Å². The molecule has 0 fully saturated rings. The maximum Gasteiger partial charge on any atom is 0.325 e. The summed E-state index contributed by atoms with van der Waals surface area (Å²) in [6.07, 6.45) is 0. The zero-order valence-electron chi connectivity index (χ0n) is 11.8. The number of aliphatic carboxylic acids is 1. The molecule has 0 spiro atoms. The lowest BCUT2D eigenvalue weighted by Crippen LogP contribution is -2.28. The minimum absolute atomic E-state index is 0.147. The van der Waals surface area contributed by atoms with Gasteiger partial charge in [-0.05, 0) is 35.4 Å². The van der Waals surface area contributed by atoms with Crippen LogP contribution in [0.1, 0.15) is 17.2 Å². The molecule has 116 valence electrons. The number of carbonyl (C=O) groups is 1. The molecule has 4 nitrogen and oxygen atoms in total. The van der Waals surface area contributed by atoms with Crippen LogP contribution in [0.25, 0.3) is 0 Å². The Morgan fingerprint density at radius 2 is 2.14 bits per heavy atom. The second-order valence-corrected chi connectivity index (χ2v) is 5.11. The lowest BCUT2D eigenvalue weighted by atomic mass is 10.1. The first-order valence-corrected chi connectivity index (χ1v) is 6.93. The van der Waals surface area contributed by atoms with Crippen LogP contribution in [0.15, 0.2) is 42.5 Å². The first kappa shape index (κ1) is 16.3. The van der Waals surface area contributed by atoms with Gasteiger partial charge in [0, 0.05) is 11.6 Å². The molecule has 22 heavy (non-hydrogen) atoms. The standard InChI is InChI=1S/C16H15ClFNO3/c1-22-14-6-5-10(7-13(14)18)9-19-15(16(20)21)11-3-2-4-12(17)8-11/h2-8,15,19H,9H2,1H3,(H,20,21). The van der Waals surface area contributed by atoms with Gasteiger partial charge in [0.25, 0.3) is 0 Å². The molecule has 2 rings (SSSR count). The third-order valence-electron chi connectivity index (χ3n) is 3.16. The highest BCUT2D eigenvalue weighted by Gasteiger charge is 2.19. The Labute approximate surface area is 132 Å². The normalized spacial score (nSPS) is 12.0. The van der Waals surface area contributed by atoms with E-state index in [2.05, 4.69) is 5.32 Å². The van der Waals surface area contributed by atoms with E-state index in [1.807, 2.05) is 0 Å². The lowest BCUT2D eigenvalue weighted by molar-refractivity contribution is -0.139. The molecule has 0 aliphatic carbocycles. The van der Waals surface area contributed by atoms with Crippen LogP contribution < -0.4 is 10.1 Å². The third-order valence-corrected chi connectivity index (χ3v) is 3.39. The van der Waals surface area contributed by atoms with Gasteiger partial charge >= 0.3 is 5.97 Å². The maximum absolute atomic E-state index is 13.6. The molecule has 0 amide bonds. The Hall–Kier alpha value is -2.11. The number of carboxylic acids is 1. The van der Waals surface area contributed by atoms with Crippen molar-refractivity contribution in [3.05, 3.63) is 64.4 Å². The number of hydrogen-bond donors (Lipinski definition) is 2. The molecular weight excluding hydrogens is 309 g/mol. The number of nitrogens with one attached hydrogen (secondary N) is 1. The predicted molar refractivity (Wildman–Crippen MR) is 81.6 cm³/mol. The molecule has 1 unspecified atom stereocenters. The van der Waals surface area contributed by atoms with Crippen LogP contribution in [0.4, 0.5) is 4.39 Å². The Morgan fingerprint density at radius 1 is 1.36 bits per heavy atom. The number of carboxylic acid groups (broad SMARTS) is 1. The molecule has 0 aromatic heterocycles. The number of methoxy groups -OCH3 is 1. The highest BCUT2D eigenvalue weighted by molar-refractivity contribution is 6.30. The first-order valence-electron chi connectivity index (χ1n) is 6.55. The molecule has 2 N–H and O–H groups in total. The number of ether oxygens (including phenoxy) is 1. The summed E-state index contributed by atoms with van der Waals surface area (Å²) in [6.45, 7) is 0.199. The van der Waals surface area contributed by atoms with Crippen LogP contribution in [0.3, 0.4) is 0 Å². The van der Waals surface area contributed by atoms with E-state index in [9.17, 15) is 14.3 Å². The monoisotopic (exact) mass is 323 g/mol. The maximum atomic E-state index is 13.6. The number of rotatable bonds is 6. The highest BCUT2D eigenvalue weighted by Crippen LogP contribution is 2.20. The van der Waals surface area contributed by atoms with Gasteiger partial charge in [0.05, 0.1) is 7.11 Å². The Morgan fingerprint density at radius 3 is 2.73 bits per heavy atom. The van der Waals surface area contributed by atoms with Crippen molar-refractivity contribution >= 4 is 17.6 Å². The van der Waals surface area contributed by atoms with Gasteiger partial charge in [-0.25, -0.2) is 4.39 Å². The van der Waals surface area contributed by atoms with E-state index in [4.69, 9.17) is 16.3 Å². The topological polar surface area (TPSA) is 58.6 Å². The summed E-state index contributed by atoms with van der Waals surface area (Å²) < 4.78 is 18.5. The number of hydrogen-bond acceptors (Lipinski definition) is 3. The van der Waals surface area contributed by atoms with Gasteiger partial charge in [0.1, 0.15) is 6.04 Å². The van der Waals surface area contributed by atoms with Crippen molar-refractivity contribution in [1.82, 2.24) is 5.32 Å². The minimum atomic E-state index is -1.03. The fourth-order valence-corrected chi connectivity index (χ4v) is 2.27. The number of benzene rings is 2. The molecule has 0 heterocycles. The molecule has 0 aliphatic heterocycles. The molecule has 0 aliphatic rings. The van der Waals surface area contributed by atoms with Gasteiger partial charge in [-0.2, -0.15) is 0 Å². The van der Waals surface area contributed by atoms with Gasteiger partial charge in [0.2, 0.25) is 0 Å². The van der Waals surface area contributed by atoms with Crippen molar-refractivity contribution < 1.29 is 19.0 Å². The largest absolute Gasteiger partial charge is 0.494 e. The predicted octanol–water partition coefficient (Wildman–Crippen LogP) is 3.40. The molecule has 0 bridgehead atoms. The highest BCUT2D eigenvalue weighted by atomic mass is 35.5. The fourth-order valence-electron chi connectivity index (χ4n) is 2.07. The lowest BCUT2D eigenvalue weighted by Gasteiger charge is -2.15. The molecule has 6 heteroatoms. The summed E-state index contributed by atoms with van der Waals surface area (Å²) in [5.74, 6) is -1.37. The molecular formula is C16H15ClFNO3. The van der Waals surface area contributed by atoms with Gasteiger partial charge in [-0.3, -0.25) is 10.1 Å². The van der Waals surface area contributed by atoms with Crippen LogP contribution in [-0.2, 0) is 11.3 Å². The average molecular weight is 324 g/mol. The molecule has 0 saturated heterocycles. The van der Waals surface area contributed by atoms with E-state index >= 15 is 0 Å². The zero-order valence-corrected chi connectivity index (χ0v) is 12.6. The summed E-state index contributed by atoms with van der Waals surface area (Å²) in [6, 6.07) is 10.2. The molecule has 0 radical (unpaired) electrons. The third kappa shape index (κ3) is 3.96. The summed E-state index contributed by atoms with van der Waals surface area (Å²) in [5, 5.41) is 12.7. The van der Waals surface area contributed by atoms with Crippen LogP contribution in [0.2, 0.25) is 5.02 Å². The minimum Gasteiger partial charge on any atom is -0.494 e. The van der Waals surface area contributed by atoms with Crippen molar-refractivity contribution in [3.8, 4) is 5.75 Å². The Balaban J connectivity index is 2.13. The average Bonchev–Trinajstić information content (AvgIpc) is 2.47. The molecule has 2 aromatic rings. The second-order valence-electron chi connectivity index (χ2n) is 4.68. The fraction of sp³-hybridized carbons (Fsp3) is 0.188. The summed E-state index contributed by atoms with van der Waals surface area (Å²) in [5.41, 5.74) is 1.15. The van der Waals surface area contributed by atoms with Gasteiger partial charge in [-0.1, -0.05) is 29.8 Å². The van der Waals surface area contributed by atoms with E-state index in [1.165, 1.54) is 19.2 Å². The van der Waals surface area contributed by atoms with Gasteiger partial charge in [-0.15, -0.1) is 0 Å². The molecule has 2 aromatic carbocycles. The van der Waals surface area contributed by atoms with Gasteiger partial charge < -0.3 is 9.84 Å². The van der Waals surface area contributed by atoms with E-state index in [0.29, 0.717) is 16.1 Å². The van der Waals surface area contributed by atoms with Crippen LogP contribution in [0.5, 0.6) is 5.75 Å². The summed E-state index contributed by atoms with van der Waals surface area (Å²) >= 11 is 5.88. The number of halogens is 2. The van der Waals surface area contributed by atoms with E-state index in [0.717, 1.165) is 0 Å². The second kappa shape index (κ2) is 7.24. The smallest absolute Gasteiger partial charge is 0.325 e. The molecule has 0 saturated carbocycles. The van der Waals surface area contributed by atoms with Crippen molar-refractivity contribution in [2.75, 3.05) is 7.11 Å². The van der Waals surface area contributed by atoms with Crippen molar-refractivity contribution in [2.24, 2.45) is 0 Å². The Kier molecular flexibility index (Phi) is 5.35. The van der Waals surface area contributed by atoms with E-state index in [1.54, 1.807) is 30.3 Å². The van der Waals surface area contributed by atoms with Crippen molar-refractivity contribution in [2.45, 2.75) is 12.6 Å². The summed E-state index contributed by atoms with van der Waals surface area (Å²) in [4.78, 5) is 11.4. The van der Waals surface area contributed by atoms with Crippen molar-refractivity contribution in [1.29, 1.82) is 0 Å². The van der Waals surface area contributed by atoms with E-state index in [-0.39, 0.29) is 12.3 Å². The SMILES string of the molecule is COc1ccc(CNC(C(=O)O)c2cccc(Cl)c2)cc1F. The van der Waals surface area contributed by atoms with Crippen LogP contribution in [-0.4, -0.2) is 18.2 Å². The Bertz CT molecular complexity index is 678. The first-order chi connectivity index (χ1) is 10.5. The molecule has 1 atom stereocenters. The zero-order chi connectivity index (χ0) is 16.1.